The summed E-state index contributed by atoms with van der Waals surface area (Å²) in [6, 6.07) is 16.0. The van der Waals surface area contributed by atoms with Crippen molar-refractivity contribution < 1.29 is 9.53 Å². The molecule has 1 fully saturated rings. The molecule has 6 nitrogen and oxygen atoms in total. The van der Waals surface area contributed by atoms with Gasteiger partial charge in [-0.15, -0.1) is 5.10 Å². The van der Waals surface area contributed by atoms with Crippen molar-refractivity contribution in [2.45, 2.75) is 31.8 Å². The Hall–Kier alpha value is -2.89. The number of aromatic nitrogens is 3. The van der Waals surface area contributed by atoms with Crippen molar-refractivity contribution in [2.24, 2.45) is 0 Å². The van der Waals surface area contributed by atoms with E-state index in [9.17, 15) is 4.79 Å². The lowest BCUT2D eigenvalue weighted by Gasteiger charge is -2.25. The molecule has 1 aliphatic heterocycles. The van der Waals surface area contributed by atoms with Crippen LogP contribution < -0.4 is 4.74 Å². The second kappa shape index (κ2) is 7.15. The molecular weight excluding hydrogens is 328 g/mol. The van der Waals surface area contributed by atoms with E-state index < -0.39 is 0 Å². The van der Waals surface area contributed by atoms with Gasteiger partial charge in [-0.3, -0.25) is 4.79 Å². The zero-order chi connectivity index (χ0) is 17.9. The SMILES string of the molecule is COc1cccc(C2CCCN2C(=O)CCn2nnc3ccccc32)c1. The smallest absolute Gasteiger partial charge is 0.224 e. The summed E-state index contributed by atoms with van der Waals surface area (Å²) in [5, 5.41) is 8.32. The number of carbonyl (C=O) groups is 1. The molecule has 3 aromatic rings. The molecule has 6 heteroatoms. The van der Waals surface area contributed by atoms with Gasteiger partial charge in [0.25, 0.3) is 0 Å². The van der Waals surface area contributed by atoms with Crippen molar-refractivity contribution in [1.82, 2.24) is 19.9 Å². The number of hydrogen-bond acceptors (Lipinski definition) is 4. The van der Waals surface area contributed by atoms with Crippen molar-refractivity contribution in [2.75, 3.05) is 13.7 Å². The second-order valence-corrected chi connectivity index (χ2v) is 6.57. The van der Waals surface area contributed by atoms with Crippen LogP contribution in [0.2, 0.25) is 0 Å². The number of ether oxygens (including phenoxy) is 1. The van der Waals surface area contributed by atoms with Crippen LogP contribution in [0.3, 0.4) is 0 Å². The third-order valence-corrected chi connectivity index (χ3v) is 5.01. The fourth-order valence-corrected chi connectivity index (χ4v) is 3.69. The van der Waals surface area contributed by atoms with Crippen LogP contribution in [0.25, 0.3) is 11.0 Å². The Labute approximate surface area is 152 Å². The topological polar surface area (TPSA) is 60.2 Å². The molecule has 134 valence electrons. The van der Waals surface area contributed by atoms with Crippen molar-refractivity contribution in [3.63, 3.8) is 0 Å². The minimum absolute atomic E-state index is 0.130. The van der Waals surface area contributed by atoms with E-state index in [1.807, 2.05) is 52.0 Å². The molecule has 1 aliphatic rings. The number of likely N-dealkylation sites (tertiary alicyclic amines) is 1. The Bertz CT molecular complexity index is 921. The Kier molecular flexibility index (Phi) is 4.56. The lowest BCUT2D eigenvalue weighted by molar-refractivity contribution is -0.132. The number of rotatable bonds is 5. The molecule has 1 aromatic heterocycles. The van der Waals surface area contributed by atoms with Gasteiger partial charge in [-0.1, -0.05) is 29.5 Å². The highest BCUT2D eigenvalue weighted by atomic mass is 16.5. The third-order valence-electron chi connectivity index (χ3n) is 5.01. The number of para-hydroxylation sites is 1. The van der Waals surface area contributed by atoms with Gasteiger partial charge in [-0.05, 0) is 42.7 Å². The largest absolute Gasteiger partial charge is 0.497 e. The van der Waals surface area contributed by atoms with Gasteiger partial charge in [-0.25, -0.2) is 4.68 Å². The number of aryl methyl sites for hydroxylation is 1. The highest BCUT2D eigenvalue weighted by Gasteiger charge is 2.29. The number of carbonyl (C=O) groups excluding carboxylic acids is 1. The molecule has 1 unspecified atom stereocenters. The second-order valence-electron chi connectivity index (χ2n) is 6.57. The maximum Gasteiger partial charge on any atom is 0.224 e. The Balaban J connectivity index is 1.46. The zero-order valence-corrected chi connectivity index (χ0v) is 14.8. The van der Waals surface area contributed by atoms with E-state index >= 15 is 0 Å². The molecule has 1 saturated heterocycles. The number of methoxy groups -OCH3 is 1. The Morgan fingerprint density at radius 2 is 2.12 bits per heavy atom. The van der Waals surface area contributed by atoms with E-state index in [2.05, 4.69) is 16.4 Å². The van der Waals surface area contributed by atoms with Crippen LogP contribution >= 0.6 is 0 Å². The number of amides is 1. The minimum atomic E-state index is 0.130. The van der Waals surface area contributed by atoms with Crippen molar-refractivity contribution in [3.8, 4) is 5.75 Å². The van der Waals surface area contributed by atoms with Crippen LogP contribution in [-0.4, -0.2) is 39.5 Å². The number of benzene rings is 2. The predicted molar refractivity (Wildman–Crippen MR) is 98.8 cm³/mol. The third kappa shape index (κ3) is 3.14. The van der Waals surface area contributed by atoms with E-state index in [4.69, 9.17) is 4.74 Å². The first-order chi connectivity index (χ1) is 12.8. The maximum atomic E-state index is 12.8. The lowest BCUT2D eigenvalue weighted by atomic mass is 10.0. The Morgan fingerprint density at radius 1 is 1.23 bits per heavy atom. The summed E-state index contributed by atoms with van der Waals surface area (Å²) < 4.78 is 7.13. The molecule has 0 aliphatic carbocycles. The van der Waals surface area contributed by atoms with E-state index in [0.717, 1.165) is 41.7 Å². The highest BCUT2D eigenvalue weighted by molar-refractivity contribution is 5.78. The number of hydrogen-bond donors (Lipinski definition) is 0. The first-order valence-corrected chi connectivity index (χ1v) is 8.98. The van der Waals surface area contributed by atoms with E-state index in [-0.39, 0.29) is 11.9 Å². The van der Waals surface area contributed by atoms with Crippen LogP contribution in [0.1, 0.15) is 30.9 Å². The Morgan fingerprint density at radius 3 is 3.00 bits per heavy atom. The normalized spacial score (nSPS) is 17.0. The average Bonchev–Trinajstić information content (AvgIpc) is 3.33. The summed E-state index contributed by atoms with van der Waals surface area (Å²) in [5.41, 5.74) is 2.96. The van der Waals surface area contributed by atoms with Gasteiger partial charge in [0.05, 0.1) is 25.2 Å². The molecule has 0 spiro atoms. The summed E-state index contributed by atoms with van der Waals surface area (Å²) in [7, 11) is 1.67. The van der Waals surface area contributed by atoms with Gasteiger partial charge in [0.1, 0.15) is 11.3 Å². The summed E-state index contributed by atoms with van der Waals surface area (Å²) in [4.78, 5) is 14.8. The molecule has 0 radical (unpaired) electrons. The highest BCUT2D eigenvalue weighted by Crippen LogP contribution is 2.33. The summed E-state index contributed by atoms with van der Waals surface area (Å²) in [6.07, 6.45) is 2.44. The molecule has 4 rings (SSSR count). The summed E-state index contributed by atoms with van der Waals surface area (Å²) in [6.45, 7) is 1.35. The quantitative estimate of drug-likeness (QED) is 0.709. The van der Waals surface area contributed by atoms with Crippen molar-refractivity contribution in [3.05, 3.63) is 54.1 Å². The molecule has 0 N–H and O–H groups in total. The molecule has 1 atom stereocenters. The summed E-state index contributed by atoms with van der Waals surface area (Å²) >= 11 is 0. The molecule has 26 heavy (non-hydrogen) atoms. The van der Waals surface area contributed by atoms with Gasteiger partial charge in [-0.2, -0.15) is 0 Å². The van der Waals surface area contributed by atoms with Crippen LogP contribution in [0.15, 0.2) is 48.5 Å². The fraction of sp³-hybridized carbons (Fsp3) is 0.350. The monoisotopic (exact) mass is 350 g/mol. The number of nitrogens with zero attached hydrogens (tertiary/aromatic N) is 4. The van der Waals surface area contributed by atoms with E-state index in [0.29, 0.717) is 13.0 Å². The van der Waals surface area contributed by atoms with Crippen molar-refractivity contribution in [1.29, 1.82) is 0 Å². The standard InChI is InChI=1S/C20H22N4O2/c1-26-16-7-4-6-15(14-16)18-10-5-12-23(18)20(25)11-13-24-19-9-3-2-8-17(19)21-22-24/h2-4,6-9,14,18H,5,10-13H2,1H3. The molecule has 2 aromatic carbocycles. The van der Waals surface area contributed by atoms with Gasteiger partial charge in [0.15, 0.2) is 0 Å². The zero-order valence-electron chi connectivity index (χ0n) is 14.8. The van der Waals surface area contributed by atoms with Gasteiger partial charge in [0.2, 0.25) is 5.91 Å². The van der Waals surface area contributed by atoms with E-state index in [1.165, 1.54) is 0 Å². The number of fused-ring (bicyclic) bond motifs is 1. The van der Waals surface area contributed by atoms with Crippen LogP contribution in [0.4, 0.5) is 0 Å². The lowest BCUT2D eigenvalue weighted by Crippen LogP contribution is -2.31. The van der Waals surface area contributed by atoms with Crippen LogP contribution in [-0.2, 0) is 11.3 Å². The van der Waals surface area contributed by atoms with Gasteiger partial charge < -0.3 is 9.64 Å². The molecule has 0 bridgehead atoms. The first-order valence-electron chi connectivity index (χ1n) is 8.98. The van der Waals surface area contributed by atoms with Gasteiger partial charge in [0, 0.05) is 13.0 Å². The van der Waals surface area contributed by atoms with Crippen LogP contribution in [0.5, 0.6) is 5.75 Å². The fourth-order valence-electron chi connectivity index (χ4n) is 3.69. The maximum absolute atomic E-state index is 12.8. The predicted octanol–water partition coefficient (Wildman–Crippen LogP) is 3.19. The molecule has 0 saturated carbocycles. The molecule has 1 amide bonds. The van der Waals surface area contributed by atoms with Gasteiger partial charge >= 0.3 is 0 Å². The molecular formula is C20H22N4O2. The van der Waals surface area contributed by atoms with Crippen molar-refractivity contribution >= 4 is 16.9 Å². The van der Waals surface area contributed by atoms with Crippen LogP contribution in [0, 0.1) is 0 Å². The average molecular weight is 350 g/mol. The first kappa shape index (κ1) is 16.6. The minimum Gasteiger partial charge on any atom is -0.497 e. The summed E-state index contributed by atoms with van der Waals surface area (Å²) in [5.74, 6) is 0.991. The van der Waals surface area contributed by atoms with E-state index in [1.54, 1.807) is 7.11 Å². The molecule has 2 heterocycles.